The van der Waals surface area contributed by atoms with Crippen molar-refractivity contribution in [2.45, 2.75) is 18.9 Å². The highest BCUT2D eigenvalue weighted by Gasteiger charge is 2.12. The molecule has 0 bridgehead atoms. The lowest BCUT2D eigenvalue weighted by Crippen LogP contribution is -2.40. The summed E-state index contributed by atoms with van der Waals surface area (Å²) in [7, 11) is 0. The van der Waals surface area contributed by atoms with Crippen LogP contribution in [0.25, 0.3) is 0 Å². The number of halogens is 2. The van der Waals surface area contributed by atoms with Crippen LogP contribution in [-0.4, -0.2) is 38.9 Å². The Bertz CT molecular complexity index is 397. The first kappa shape index (κ1) is 14.9. The number of hydrogen-bond acceptors (Lipinski definition) is 3. The number of rotatable bonds is 6. The second-order valence-electron chi connectivity index (χ2n) is 4.72. The highest BCUT2D eigenvalue weighted by Crippen LogP contribution is 2.15. The number of morpholine rings is 1. The first-order valence-electron chi connectivity index (χ1n) is 6.72. The normalized spacial score (nSPS) is 19.6. The summed E-state index contributed by atoms with van der Waals surface area (Å²) in [6.45, 7) is 4.37. The molecular formula is C14H20BrFN2O. The summed E-state index contributed by atoms with van der Waals surface area (Å²) < 4.78 is 20.0. The van der Waals surface area contributed by atoms with Crippen molar-refractivity contribution in [2.75, 3.05) is 32.8 Å². The predicted octanol–water partition coefficient (Wildman–Crippen LogP) is 2.10. The molecule has 2 N–H and O–H groups in total. The van der Waals surface area contributed by atoms with Crippen LogP contribution in [0, 0.1) is 5.82 Å². The smallest absolute Gasteiger partial charge is 0.126 e. The van der Waals surface area contributed by atoms with Gasteiger partial charge in [-0.1, -0.05) is 15.9 Å². The summed E-state index contributed by atoms with van der Waals surface area (Å²) in [5, 5.41) is 6.65. The van der Waals surface area contributed by atoms with Crippen LogP contribution >= 0.6 is 15.9 Å². The van der Waals surface area contributed by atoms with Crippen molar-refractivity contribution in [3.63, 3.8) is 0 Å². The molecule has 0 aromatic heterocycles. The summed E-state index contributed by atoms with van der Waals surface area (Å²) in [4.78, 5) is 0. The topological polar surface area (TPSA) is 33.3 Å². The summed E-state index contributed by atoms with van der Waals surface area (Å²) in [6.07, 6.45) is 2.01. The molecule has 1 unspecified atom stereocenters. The van der Waals surface area contributed by atoms with Gasteiger partial charge in [-0.3, -0.25) is 0 Å². The molecule has 0 aliphatic carbocycles. The maximum absolute atomic E-state index is 13.5. The van der Waals surface area contributed by atoms with Crippen LogP contribution in [-0.2, 0) is 11.2 Å². The third-order valence-corrected chi connectivity index (χ3v) is 3.72. The second kappa shape index (κ2) is 7.94. The fraction of sp³-hybridized carbons (Fsp3) is 0.571. The Hall–Kier alpha value is -0.490. The van der Waals surface area contributed by atoms with Gasteiger partial charge in [-0.2, -0.15) is 0 Å². The highest BCUT2D eigenvalue weighted by atomic mass is 79.9. The van der Waals surface area contributed by atoms with Gasteiger partial charge >= 0.3 is 0 Å². The highest BCUT2D eigenvalue weighted by molar-refractivity contribution is 9.10. The average Bonchev–Trinajstić information content (AvgIpc) is 2.43. The van der Waals surface area contributed by atoms with Gasteiger partial charge in [0.15, 0.2) is 0 Å². The first-order chi connectivity index (χ1) is 9.25. The van der Waals surface area contributed by atoms with Crippen LogP contribution < -0.4 is 10.6 Å². The van der Waals surface area contributed by atoms with Gasteiger partial charge in [0.2, 0.25) is 0 Å². The molecule has 1 saturated heterocycles. The largest absolute Gasteiger partial charge is 0.376 e. The van der Waals surface area contributed by atoms with Gasteiger partial charge in [0.25, 0.3) is 0 Å². The van der Waals surface area contributed by atoms with Crippen LogP contribution in [0.5, 0.6) is 0 Å². The average molecular weight is 331 g/mol. The predicted molar refractivity (Wildman–Crippen MR) is 77.9 cm³/mol. The molecule has 1 aliphatic rings. The monoisotopic (exact) mass is 330 g/mol. The van der Waals surface area contributed by atoms with Gasteiger partial charge in [0, 0.05) is 17.6 Å². The lowest BCUT2D eigenvalue weighted by atomic mass is 10.1. The van der Waals surface area contributed by atoms with E-state index in [0.29, 0.717) is 12.5 Å². The molecule has 5 heteroatoms. The summed E-state index contributed by atoms with van der Waals surface area (Å²) in [5.41, 5.74) is 0.748. The Labute approximate surface area is 122 Å². The minimum absolute atomic E-state index is 0.134. The summed E-state index contributed by atoms with van der Waals surface area (Å²) in [5.74, 6) is -0.134. The molecule has 3 nitrogen and oxygen atoms in total. The van der Waals surface area contributed by atoms with E-state index < -0.39 is 0 Å². The number of nitrogens with one attached hydrogen (secondary N) is 2. The van der Waals surface area contributed by atoms with Crippen LogP contribution in [0.15, 0.2) is 22.7 Å². The molecule has 2 rings (SSSR count). The maximum atomic E-state index is 13.5. The zero-order valence-electron chi connectivity index (χ0n) is 10.9. The van der Waals surface area contributed by atoms with E-state index in [0.717, 1.165) is 49.2 Å². The quantitative estimate of drug-likeness (QED) is 0.784. The van der Waals surface area contributed by atoms with Crippen LogP contribution in [0.2, 0.25) is 0 Å². The Kier molecular flexibility index (Phi) is 6.23. The van der Waals surface area contributed by atoms with Gasteiger partial charge in [-0.15, -0.1) is 0 Å². The van der Waals surface area contributed by atoms with E-state index in [1.54, 1.807) is 6.07 Å². The fourth-order valence-corrected chi connectivity index (χ4v) is 2.56. The van der Waals surface area contributed by atoms with E-state index in [-0.39, 0.29) is 5.82 Å². The molecule has 0 spiro atoms. The summed E-state index contributed by atoms with van der Waals surface area (Å²) in [6, 6.07) is 5.06. The van der Waals surface area contributed by atoms with Crippen molar-refractivity contribution in [3.8, 4) is 0 Å². The molecule has 1 aromatic carbocycles. The number of hydrogen-bond donors (Lipinski definition) is 2. The first-order valence-corrected chi connectivity index (χ1v) is 7.52. The van der Waals surface area contributed by atoms with Gasteiger partial charge in [-0.05, 0) is 49.7 Å². The van der Waals surface area contributed by atoms with E-state index in [4.69, 9.17) is 4.74 Å². The lowest BCUT2D eigenvalue weighted by molar-refractivity contribution is 0.0239. The second-order valence-corrected chi connectivity index (χ2v) is 5.64. The SMILES string of the molecule is Fc1ccc(Br)cc1CCNCCC1CNCCO1. The third kappa shape index (κ3) is 5.18. The molecule has 1 aromatic rings. The summed E-state index contributed by atoms with van der Waals surface area (Å²) >= 11 is 3.36. The molecular weight excluding hydrogens is 311 g/mol. The third-order valence-electron chi connectivity index (χ3n) is 3.23. The van der Waals surface area contributed by atoms with Crippen molar-refractivity contribution in [1.82, 2.24) is 10.6 Å². The molecule has 1 aliphatic heterocycles. The minimum Gasteiger partial charge on any atom is -0.376 e. The van der Waals surface area contributed by atoms with E-state index in [9.17, 15) is 4.39 Å². The molecule has 0 radical (unpaired) electrons. The fourth-order valence-electron chi connectivity index (χ4n) is 2.15. The van der Waals surface area contributed by atoms with Crippen LogP contribution in [0.4, 0.5) is 4.39 Å². The Morgan fingerprint density at radius 3 is 3.11 bits per heavy atom. The molecule has 1 heterocycles. The van der Waals surface area contributed by atoms with Gasteiger partial charge in [0.05, 0.1) is 12.7 Å². The van der Waals surface area contributed by atoms with Crippen LogP contribution in [0.1, 0.15) is 12.0 Å². The molecule has 1 fully saturated rings. The lowest BCUT2D eigenvalue weighted by Gasteiger charge is -2.23. The van der Waals surface area contributed by atoms with Gasteiger partial charge in [0.1, 0.15) is 5.82 Å². The van der Waals surface area contributed by atoms with E-state index >= 15 is 0 Å². The molecule has 1 atom stereocenters. The number of ether oxygens (including phenoxy) is 1. The maximum Gasteiger partial charge on any atom is 0.126 e. The zero-order valence-corrected chi connectivity index (χ0v) is 12.5. The number of benzene rings is 1. The van der Waals surface area contributed by atoms with E-state index in [1.807, 2.05) is 6.07 Å². The van der Waals surface area contributed by atoms with Gasteiger partial charge < -0.3 is 15.4 Å². The van der Waals surface area contributed by atoms with Crippen LogP contribution in [0.3, 0.4) is 0 Å². The van der Waals surface area contributed by atoms with Crippen molar-refractivity contribution in [1.29, 1.82) is 0 Å². The van der Waals surface area contributed by atoms with E-state index in [2.05, 4.69) is 26.6 Å². The van der Waals surface area contributed by atoms with E-state index in [1.165, 1.54) is 6.07 Å². The van der Waals surface area contributed by atoms with Crippen molar-refractivity contribution in [2.24, 2.45) is 0 Å². The molecule has 0 amide bonds. The standard InChI is InChI=1S/C14H20BrFN2O/c15-12-1-2-14(16)11(9-12)3-5-17-6-4-13-10-18-7-8-19-13/h1-2,9,13,17-18H,3-8,10H2. The van der Waals surface area contributed by atoms with Crippen molar-refractivity contribution < 1.29 is 9.13 Å². The molecule has 106 valence electrons. The minimum atomic E-state index is -0.134. The Balaban J connectivity index is 1.62. The molecule has 0 saturated carbocycles. The van der Waals surface area contributed by atoms with Crippen molar-refractivity contribution in [3.05, 3.63) is 34.1 Å². The molecule has 19 heavy (non-hydrogen) atoms. The Morgan fingerprint density at radius 2 is 2.32 bits per heavy atom. The zero-order chi connectivity index (χ0) is 13.5. The van der Waals surface area contributed by atoms with Crippen molar-refractivity contribution >= 4 is 15.9 Å². The van der Waals surface area contributed by atoms with Gasteiger partial charge in [-0.25, -0.2) is 4.39 Å². The Morgan fingerprint density at radius 1 is 1.42 bits per heavy atom.